The van der Waals surface area contributed by atoms with Crippen LogP contribution in [0.2, 0.25) is 0 Å². The Kier molecular flexibility index (Phi) is 6.39. The minimum atomic E-state index is -0.721. The summed E-state index contributed by atoms with van der Waals surface area (Å²) in [5.74, 6) is -1.20. The van der Waals surface area contributed by atoms with E-state index in [1.54, 1.807) is 25.1 Å². The number of nitrogens with zero attached hydrogens (tertiary/aromatic N) is 2. The van der Waals surface area contributed by atoms with Gasteiger partial charge in [-0.1, -0.05) is 12.1 Å². The van der Waals surface area contributed by atoms with Crippen molar-refractivity contribution in [3.05, 3.63) is 75.3 Å². The van der Waals surface area contributed by atoms with Gasteiger partial charge in [-0.3, -0.25) is 10.1 Å². The van der Waals surface area contributed by atoms with Gasteiger partial charge in [-0.2, -0.15) is 5.26 Å². The Labute approximate surface area is 154 Å². The molecule has 2 aromatic carbocycles. The number of ether oxygens (including phenoxy) is 2. The van der Waals surface area contributed by atoms with Crippen LogP contribution in [0.15, 0.2) is 54.1 Å². The average molecular weight is 366 g/mol. The van der Waals surface area contributed by atoms with E-state index in [-0.39, 0.29) is 29.2 Å². The van der Waals surface area contributed by atoms with Crippen molar-refractivity contribution in [1.82, 2.24) is 0 Å². The predicted molar refractivity (Wildman–Crippen MR) is 94.7 cm³/mol. The molecule has 0 saturated heterocycles. The second-order valence-corrected chi connectivity index (χ2v) is 5.15. The topological polar surface area (TPSA) is 120 Å². The molecular formula is C19H14N2O6. The van der Waals surface area contributed by atoms with Crippen molar-refractivity contribution in [2.45, 2.75) is 6.92 Å². The van der Waals surface area contributed by atoms with Crippen molar-refractivity contribution >= 4 is 23.7 Å². The summed E-state index contributed by atoms with van der Waals surface area (Å²) in [6.45, 7) is 1.80. The first-order valence-corrected chi connectivity index (χ1v) is 7.80. The lowest BCUT2D eigenvalue weighted by Gasteiger charge is -2.05. The lowest BCUT2D eigenvalue weighted by molar-refractivity contribution is -0.384. The fourth-order valence-electron chi connectivity index (χ4n) is 2.03. The largest absolute Gasteiger partial charge is 0.462 e. The molecule has 0 amide bonds. The van der Waals surface area contributed by atoms with E-state index >= 15 is 0 Å². The molecule has 2 aromatic rings. The number of carbonyl (C=O) groups excluding carboxylic acids is 2. The summed E-state index contributed by atoms with van der Waals surface area (Å²) in [6.07, 6.45) is 1.35. The number of rotatable bonds is 6. The van der Waals surface area contributed by atoms with E-state index in [9.17, 15) is 19.7 Å². The van der Waals surface area contributed by atoms with Crippen molar-refractivity contribution < 1.29 is 24.0 Å². The number of carbonyl (C=O) groups is 2. The summed E-state index contributed by atoms with van der Waals surface area (Å²) in [4.78, 5) is 33.8. The molecule has 0 fully saturated rings. The van der Waals surface area contributed by atoms with Gasteiger partial charge in [0.1, 0.15) is 17.4 Å². The number of hydrogen-bond donors (Lipinski definition) is 0. The van der Waals surface area contributed by atoms with Crippen molar-refractivity contribution in [2.75, 3.05) is 6.61 Å². The molecule has 0 heterocycles. The van der Waals surface area contributed by atoms with Gasteiger partial charge < -0.3 is 9.47 Å². The molecule has 0 saturated carbocycles. The zero-order valence-corrected chi connectivity index (χ0v) is 14.2. The number of nitro groups is 1. The minimum Gasteiger partial charge on any atom is -0.462 e. The van der Waals surface area contributed by atoms with Crippen LogP contribution >= 0.6 is 0 Å². The van der Waals surface area contributed by atoms with Crippen LogP contribution in [0.3, 0.4) is 0 Å². The standard InChI is InChI=1S/C19H14N2O6/c1-2-26-18(22)15(12-20)11-13-3-5-14(6-4-13)19(23)27-17-9-7-16(8-10-17)21(24)25/h3-11H,2H2,1H3. The third kappa shape index (κ3) is 5.24. The highest BCUT2D eigenvalue weighted by Gasteiger charge is 2.12. The predicted octanol–water partition coefficient (Wildman–Crippen LogP) is 3.28. The first-order valence-electron chi connectivity index (χ1n) is 7.80. The molecular weight excluding hydrogens is 352 g/mol. The van der Waals surface area contributed by atoms with Crippen LogP contribution in [-0.2, 0) is 9.53 Å². The molecule has 8 heteroatoms. The van der Waals surface area contributed by atoms with Gasteiger partial charge in [-0.05, 0) is 42.8 Å². The fourth-order valence-corrected chi connectivity index (χ4v) is 2.03. The Morgan fingerprint density at radius 2 is 1.78 bits per heavy atom. The van der Waals surface area contributed by atoms with Crippen molar-refractivity contribution in [3.8, 4) is 11.8 Å². The highest BCUT2D eigenvalue weighted by atomic mass is 16.6. The second-order valence-electron chi connectivity index (χ2n) is 5.15. The van der Waals surface area contributed by atoms with Gasteiger partial charge in [0.15, 0.2) is 0 Å². The maximum Gasteiger partial charge on any atom is 0.348 e. The molecule has 0 bridgehead atoms. The first-order chi connectivity index (χ1) is 12.9. The minimum absolute atomic E-state index is 0.110. The molecule has 0 unspecified atom stereocenters. The molecule has 0 N–H and O–H groups in total. The number of nitro benzene ring substituents is 1. The lowest BCUT2D eigenvalue weighted by atomic mass is 10.1. The van der Waals surface area contributed by atoms with Crippen molar-refractivity contribution in [1.29, 1.82) is 5.26 Å². The summed E-state index contributed by atoms with van der Waals surface area (Å²) in [5, 5.41) is 19.6. The molecule has 0 aliphatic heterocycles. The molecule has 136 valence electrons. The second kappa shape index (κ2) is 8.92. The molecule has 0 aliphatic rings. The van der Waals surface area contributed by atoms with E-state index in [1.165, 1.54) is 42.5 Å². The first kappa shape index (κ1) is 19.3. The molecule has 0 spiro atoms. The number of benzene rings is 2. The summed E-state index contributed by atoms with van der Waals surface area (Å²) in [7, 11) is 0. The van der Waals surface area contributed by atoms with Crippen molar-refractivity contribution in [2.24, 2.45) is 0 Å². The quantitative estimate of drug-likeness (QED) is 0.192. The fraction of sp³-hybridized carbons (Fsp3) is 0.105. The van der Waals surface area contributed by atoms with Crippen LogP contribution in [0, 0.1) is 21.4 Å². The Morgan fingerprint density at radius 1 is 1.15 bits per heavy atom. The Balaban J connectivity index is 2.10. The maximum absolute atomic E-state index is 12.1. The third-order valence-electron chi connectivity index (χ3n) is 3.33. The van der Waals surface area contributed by atoms with Gasteiger partial charge >= 0.3 is 11.9 Å². The average Bonchev–Trinajstić information content (AvgIpc) is 2.67. The summed E-state index contributed by atoms with van der Waals surface area (Å²) in [5.41, 5.74) is 0.505. The zero-order valence-electron chi connectivity index (χ0n) is 14.2. The molecule has 2 rings (SSSR count). The Morgan fingerprint density at radius 3 is 2.30 bits per heavy atom. The summed E-state index contributed by atoms with van der Waals surface area (Å²) in [6, 6.07) is 12.9. The third-order valence-corrected chi connectivity index (χ3v) is 3.33. The molecule has 0 aromatic heterocycles. The van der Waals surface area contributed by atoms with Crippen LogP contribution in [0.5, 0.6) is 5.75 Å². The summed E-state index contributed by atoms with van der Waals surface area (Å²) < 4.78 is 9.92. The summed E-state index contributed by atoms with van der Waals surface area (Å²) >= 11 is 0. The smallest absolute Gasteiger partial charge is 0.348 e. The van der Waals surface area contributed by atoms with E-state index in [0.29, 0.717) is 5.56 Å². The highest BCUT2D eigenvalue weighted by molar-refractivity contribution is 5.98. The number of nitriles is 1. The van der Waals surface area contributed by atoms with Crippen LogP contribution < -0.4 is 4.74 Å². The molecule has 8 nitrogen and oxygen atoms in total. The van der Waals surface area contributed by atoms with Gasteiger partial charge in [0.2, 0.25) is 0 Å². The Bertz CT molecular complexity index is 924. The van der Waals surface area contributed by atoms with Gasteiger partial charge in [-0.15, -0.1) is 0 Å². The van der Waals surface area contributed by atoms with Crippen LogP contribution in [0.25, 0.3) is 6.08 Å². The molecule has 27 heavy (non-hydrogen) atoms. The normalized spacial score (nSPS) is 10.6. The number of non-ortho nitro benzene ring substituents is 1. The van der Waals surface area contributed by atoms with E-state index < -0.39 is 16.9 Å². The van der Waals surface area contributed by atoms with Gasteiger partial charge in [-0.25, -0.2) is 9.59 Å². The van der Waals surface area contributed by atoms with Crippen LogP contribution in [0.1, 0.15) is 22.8 Å². The SMILES string of the molecule is CCOC(=O)C(C#N)=Cc1ccc(C(=O)Oc2ccc([N+](=O)[O-])cc2)cc1. The van der Waals surface area contributed by atoms with E-state index in [0.717, 1.165) is 0 Å². The van der Waals surface area contributed by atoms with Crippen molar-refractivity contribution in [3.63, 3.8) is 0 Å². The van der Waals surface area contributed by atoms with Crippen LogP contribution in [-0.4, -0.2) is 23.5 Å². The molecule has 0 atom stereocenters. The van der Waals surface area contributed by atoms with Gasteiger partial charge in [0.25, 0.3) is 5.69 Å². The van der Waals surface area contributed by atoms with Gasteiger partial charge in [0.05, 0.1) is 17.1 Å². The lowest BCUT2D eigenvalue weighted by Crippen LogP contribution is -2.08. The number of hydrogen-bond acceptors (Lipinski definition) is 7. The van der Waals surface area contributed by atoms with Crippen LogP contribution in [0.4, 0.5) is 5.69 Å². The monoisotopic (exact) mass is 366 g/mol. The molecule has 0 radical (unpaired) electrons. The maximum atomic E-state index is 12.1. The Hall–Kier alpha value is -3.99. The van der Waals surface area contributed by atoms with Gasteiger partial charge in [0, 0.05) is 12.1 Å². The van der Waals surface area contributed by atoms with E-state index in [4.69, 9.17) is 14.7 Å². The highest BCUT2D eigenvalue weighted by Crippen LogP contribution is 2.19. The van der Waals surface area contributed by atoms with E-state index in [2.05, 4.69) is 0 Å². The van der Waals surface area contributed by atoms with E-state index in [1.807, 2.05) is 0 Å². The zero-order chi connectivity index (χ0) is 19.8. The molecule has 0 aliphatic carbocycles. The number of esters is 2.